The summed E-state index contributed by atoms with van der Waals surface area (Å²) in [6.07, 6.45) is 1.80. The molecule has 0 bridgehead atoms. The monoisotopic (exact) mass is 276 g/mol. The average molecular weight is 276 g/mol. The molecule has 21 heavy (non-hydrogen) atoms. The maximum absolute atomic E-state index is 4.68. The molecular formula is C17H16N4. The molecule has 2 aromatic heterocycles. The minimum absolute atomic E-state index is 0.715. The van der Waals surface area contributed by atoms with Crippen LogP contribution in [0.4, 0.5) is 5.82 Å². The number of benzene rings is 1. The number of aromatic nitrogens is 3. The van der Waals surface area contributed by atoms with Gasteiger partial charge in [0.1, 0.15) is 5.82 Å². The fourth-order valence-corrected chi connectivity index (χ4v) is 2.14. The molecule has 0 amide bonds. The Morgan fingerprint density at radius 3 is 2.43 bits per heavy atom. The number of hydrogen-bond acceptors (Lipinski definition) is 4. The minimum Gasteiger partial charge on any atom is -0.373 e. The molecule has 0 aliphatic heterocycles. The van der Waals surface area contributed by atoms with E-state index in [9.17, 15) is 0 Å². The number of pyridine rings is 1. The molecule has 0 atom stereocenters. The van der Waals surface area contributed by atoms with Crippen LogP contribution in [0, 0.1) is 6.92 Å². The van der Waals surface area contributed by atoms with Gasteiger partial charge in [-0.05, 0) is 19.1 Å². The number of aryl methyl sites for hydroxylation is 1. The van der Waals surface area contributed by atoms with Crippen molar-refractivity contribution in [3.8, 4) is 22.6 Å². The highest BCUT2D eigenvalue weighted by Gasteiger charge is 2.08. The maximum atomic E-state index is 4.68. The molecule has 104 valence electrons. The lowest BCUT2D eigenvalue weighted by molar-refractivity contribution is 1.16. The summed E-state index contributed by atoms with van der Waals surface area (Å²) in [5.74, 6) is 1.51. The van der Waals surface area contributed by atoms with Gasteiger partial charge in [-0.15, -0.1) is 0 Å². The Morgan fingerprint density at radius 2 is 1.71 bits per heavy atom. The van der Waals surface area contributed by atoms with Crippen molar-refractivity contribution in [2.24, 2.45) is 0 Å². The molecule has 0 radical (unpaired) electrons. The molecule has 4 heteroatoms. The van der Waals surface area contributed by atoms with Crippen LogP contribution in [0.15, 0.2) is 54.7 Å². The van der Waals surface area contributed by atoms with Crippen LogP contribution in [0.25, 0.3) is 22.6 Å². The molecule has 1 aromatic carbocycles. The average Bonchev–Trinajstić information content (AvgIpc) is 2.55. The van der Waals surface area contributed by atoms with E-state index in [1.165, 1.54) is 0 Å². The van der Waals surface area contributed by atoms with Gasteiger partial charge in [-0.2, -0.15) is 0 Å². The van der Waals surface area contributed by atoms with Crippen molar-refractivity contribution in [1.29, 1.82) is 0 Å². The summed E-state index contributed by atoms with van der Waals surface area (Å²) in [7, 11) is 1.86. The van der Waals surface area contributed by atoms with Gasteiger partial charge in [-0.1, -0.05) is 30.3 Å². The quantitative estimate of drug-likeness (QED) is 0.794. The van der Waals surface area contributed by atoms with Gasteiger partial charge in [0.2, 0.25) is 0 Å². The van der Waals surface area contributed by atoms with Crippen molar-refractivity contribution < 1.29 is 0 Å². The second kappa shape index (κ2) is 5.71. The number of nitrogens with zero attached hydrogens (tertiary/aromatic N) is 3. The van der Waals surface area contributed by atoms with Crippen molar-refractivity contribution in [3.05, 3.63) is 60.4 Å². The van der Waals surface area contributed by atoms with E-state index in [1.54, 1.807) is 6.20 Å². The third-order valence-electron chi connectivity index (χ3n) is 3.21. The molecule has 3 aromatic rings. The molecule has 0 aliphatic carbocycles. The Labute approximate surface area is 123 Å². The second-order valence-corrected chi connectivity index (χ2v) is 4.76. The Balaban J connectivity index is 2.14. The first kappa shape index (κ1) is 13.2. The normalized spacial score (nSPS) is 10.4. The van der Waals surface area contributed by atoms with E-state index in [1.807, 2.05) is 62.5 Å². The lowest BCUT2D eigenvalue weighted by atomic mass is 10.1. The first-order chi connectivity index (χ1) is 10.3. The number of nitrogens with one attached hydrogen (secondary N) is 1. The fraction of sp³-hybridized carbons (Fsp3) is 0.118. The predicted octanol–water partition coefficient (Wildman–Crippen LogP) is 3.56. The second-order valence-electron chi connectivity index (χ2n) is 4.76. The topological polar surface area (TPSA) is 50.7 Å². The first-order valence-electron chi connectivity index (χ1n) is 6.81. The van der Waals surface area contributed by atoms with Gasteiger partial charge in [0.05, 0.1) is 5.69 Å². The Kier molecular flexibility index (Phi) is 3.60. The molecule has 0 spiro atoms. The summed E-state index contributed by atoms with van der Waals surface area (Å²) < 4.78 is 0. The van der Waals surface area contributed by atoms with Crippen molar-refractivity contribution in [2.75, 3.05) is 12.4 Å². The standard InChI is InChI=1S/C17H16N4/c1-12-10-14(8-9-19-12)15-11-16(18-2)21-17(20-15)13-6-4-3-5-7-13/h3-11H,1-2H3,(H,18,20,21). The highest BCUT2D eigenvalue weighted by molar-refractivity contribution is 5.67. The third-order valence-corrected chi connectivity index (χ3v) is 3.21. The predicted molar refractivity (Wildman–Crippen MR) is 85.0 cm³/mol. The first-order valence-corrected chi connectivity index (χ1v) is 6.81. The number of rotatable bonds is 3. The number of hydrogen-bond donors (Lipinski definition) is 1. The molecular weight excluding hydrogens is 260 g/mol. The van der Waals surface area contributed by atoms with Crippen LogP contribution >= 0.6 is 0 Å². The smallest absolute Gasteiger partial charge is 0.162 e. The van der Waals surface area contributed by atoms with E-state index < -0.39 is 0 Å². The maximum Gasteiger partial charge on any atom is 0.162 e. The van der Waals surface area contributed by atoms with Gasteiger partial charge in [-0.25, -0.2) is 9.97 Å². The lowest BCUT2D eigenvalue weighted by Gasteiger charge is -2.08. The van der Waals surface area contributed by atoms with Crippen LogP contribution in [-0.4, -0.2) is 22.0 Å². The molecule has 4 nitrogen and oxygen atoms in total. The third kappa shape index (κ3) is 2.89. The van der Waals surface area contributed by atoms with Gasteiger partial charge < -0.3 is 5.32 Å². The highest BCUT2D eigenvalue weighted by Crippen LogP contribution is 2.24. The molecule has 1 N–H and O–H groups in total. The van der Waals surface area contributed by atoms with Crippen LogP contribution in [0.1, 0.15) is 5.69 Å². The summed E-state index contributed by atoms with van der Waals surface area (Å²) in [5, 5.41) is 3.10. The van der Waals surface area contributed by atoms with Gasteiger partial charge in [0.25, 0.3) is 0 Å². The zero-order valence-electron chi connectivity index (χ0n) is 12.0. The molecule has 0 fully saturated rings. The largest absolute Gasteiger partial charge is 0.373 e. The highest BCUT2D eigenvalue weighted by atomic mass is 15.0. The van der Waals surface area contributed by atoms with Gasteiger partial charge in [-0.3, -0.25) is 4.98 Å². The minimum atomic E-state index is 0.715. The lowest BCUT2D eigenvalue weighted by Crippen LogP contribution is -1.99. The number of anilines is 1. The van der Waals surface area contributed by atoms with E-state index >= 15 is 0 Å². The Hall–Kier alpha value is -2.75. The van der Waals surface area contributed by atoms with Gasteiger partial charge in [0.15, 0.2) is 5.82 Å². The summed E-state index contributed by atoms with van der Waals surface area (Å²) in [5.41, 5.74) is 3.90. The van der Waals surface area contributed by atoms with E-state index in [0.717, 1.165) is 28.3 Å². The fourth-order valence-electron chi connectivity index (χ4n) is 2.14. The summed E-state index contributed by atoms with van der Waals surface area (Å²) >= 11 is 0. The van der Waals surface area contributed by atoms with Crippen LogP contribution < -0.4 is 5.32 Å². The molecule has 0 saturated carbocycles. The van der Waals surface area contributed by atoms with Gasteiger partial charge >= 0.3 is 0 Å². The molecule has 3 rings (SSSR count). The van der Waals surface area contributed by atoms with Crippen molar-refractivity contribution in [1.82, 2.24) is 15.0 Å². The SMILES string of the molecule is CNc1cc(-c2ccnc(C)c2)nc(-c2ccccc2)n1. The molecule has 0 unspecified atom stereocenters. The van der Waals surface area contributed by atoms with E-state index in [0.29, 0.717) is 5.82 Å². The van der Waals surface area contributed by atoms with Gasteiger partial charge in [0, 0.05) is 36.1 Å². The van der Waals surface area contributed by atoms with Crippen LogP contribution in [0.2, 0.25) is 0 Å². The Bertz CT molecular complexity index is 754. The summed E-state index contributed by atoms with van der Waals surface area (Å²) in [6, 6.07) is 15.9. The molecule has 2 heterocycles. The van der Waals surface area contributed by atoms with Crippen LogP contribution in [0.5, 0.6) is 0 Å². The summed E-state index contributed by atoms with van der Waals surface area (Å²) in [6.45, 7) is 1.97. The summed E-state index contributed by atoms with van der Waals surface area (Å²) in [4.78, 5) is 13.4. The zero-order chi connectivity index (χ0) is 14.7. The van der Waals surface area contributed by atoms with Crippen molar-refractivity contribution >= 4 is 5.82 Å². The van der Waals surface area contributed by atoms with Crippen molar-refractivity contribution in [3.63, 3.8) is 0 Å². The molecule has 0 aliphatic rings. The molecule has 0 saturated heterocycles. The van der Waals surface area contributed by atoms with E-state index in [2.05, 4.69) is 20.3 Å². The van der Waals surface area contributed by atoms with E-state index in [-0.39, 0.29) is 0 Å². The van der Waals surface area contributed by atoms with Crippen LogP contribution in [0.3, 0.4) is 0 Å². The zero-order valence-corrected chi connectivity index (χ0v) is 12.0. The van der Waals surface area contributed by atoms with Crippen LogP contribution in [-0.2, 0) is 0 Å². The van der Waals surface area contributed by atoms with E-state index in [4.69, 9.17) is 0 Å². The van der Waals surface area contributed by atoms with Crippen molar-refractivity contribution in [2.45, 2.75) is 6.92 Å². The Morgan fingerprint density at radius 1 is 0.905 bits per heavy atom.